The van der Waals surface area contributed by atoms with Crippen molar-refractivity contribution in [3.05, 3.63) is 18.1 Å². The van der Waals surface area contributed by atoms with Crippen molar-refractivity contribution in [2.24, 2.45) is 11.8 Å². The molecule has 0 radical (unpaired) electrons. The van der Waals surface area contributed by atoms with Gasteiger partial charge in [-0.2, -0.15) is 5.26 Å². The minimum absolute atomic E-state index is 0.375. The Labute approximate surface area is 89.4 Å². The fourth-order valence-corrected chi connectivity index (χ4v) is 1.64. The third-order valence-corrected chi connectivity index (χ3v) is 2.82. The molecule has 1 heterocycles. The van der Waals surface area contributed by atoms with Crippen LogP contribution < -0.4 is 5.32 Å². The highest BCUT2D eigenvalue weighted by Crippen LogP contribution is 2.36. The summed E-state index contributed by atoms with van der Waals surface area (Å²) in [4.78, 5) is 8.05. The molecule has 0 amide bonds. The van der Waals surface area contributed by atoms with E-state index in [4.69, 9.17) is 5.26 Å². The molecule has 78 valence electrons. The molecule has 1 atom stereocenters. The van der Waals surface area contributed by atoms with Crippen molar-refractivity contribution in [1.29, 1.82) is 5.26 Å². The first-order chi connectivity index (χ1) is 7.31. The molecule has 1 aromatic heterocycles. The van der Waals surface area contributed by atoms with Gasteiger partial charge in [0, 0.05) is 18.9 Å². The fraction of sp³-hybridized carbons (Fsp3) is 0.545. The zero-order valence-corrected chi connectivity index (χ0v) is 8.77. The van der Waals surface area contributed by atoms with Crippen molar-refractivity contribution in [2.75, 3.05) is 11.9 Å². The van der Waals surface area contributed by atoms with Crippen LogP contribution in [0.4, 0.5) is 5.82 Å². The van der Waals surface area contributed by atoms with Crippen LogP contribution in [0.5, 0.6) is 0 Å². The zero-order valence-electron chi connectivity index (χ0n) is 8.77. The van der Waals surface area contributed by atoms with E-state index in [0.29, 0.717) is 17.4 Å². The summed E-state index contributed by atoms with van der Waals surface area (Å²) in [6.07, 6.45) is 5.82. The van der Waals surface area contributed by atoms with Gasteiger partial charge in [-0.15, -0.1) is 0 Å². The van der Waals surface area contributed by atoms with E-state index < -0.39 is 0 Å². The molecule has 1 unspecified atom stereocenters. The lowest BCUT2D eigenvalue weighted by Crippen LogP contribution is -2.14. The van der Waals surface area contributed by atoms with Crippen LogP contribution in [0.1, 0.15) is 25.5 Å². The summed E-state index contributed by atoms with van der Waals surface area (Å²) in [7, 11) is 0. The number of nitriles is 1. The zero-order chi connectivity index (χ0) is 10.7. The van der Waals surface area contributed by atoms with Crippen molar-refractivity contribution in [3.63, 3.8) is 0 Å². The van der Waals surface area contributed by atoms with E-state index in [1.807, 2.05) is 6.07 Å². The van der Waals surface area contributed by atoms with Gasteiger partial charge in [0.05, 0.1) is 0 Å². The molecule has 1 saturated carbocycles. The highest BCUT2D eigenvalue weighted by Gasteiger charge is 2.27. The van der Waals surface area contributed by atoms with Crippen LogP contribution in [0.25, 0.3) is 0 Å². The Bertz CT molecular complexity index is 378. The molecule has 1 N–H and O–H groups in total. The van der Waals surface area contributed by atoms with Gasteiger partial charge in [-0.25, -0.2) is 9.97 Å². The highest BCUT2D eigenvalue weighted by atomic mass is 15.0. The van der Waals surface area contributed by atoms with Gasteiger partial charge in [0.15, 0.2) is 11.5 Å². The van der Waals surface area contributed by atoms with Gasteiger partial charge >= 0.3 is 0 Å². The summed E-state index contributed by atoms with van der Waals surface area (Å²) in [5.41, 5.74) is 0.375. The van der Waals surface area contributed by atoms with Gasteiger partial charge in [-0.1, -0.05) is 6.92 Å². The van der Waals surface area contributed by atoms with Gasteiger partial charge in [0.2, 0.25) is 0 Å². The average Bonchev–Trinajstić information content (AvgIpc) is 3.10. The van der Waals surface area contributed by atoms with Crippen molar-refractivity contribution in [3.8, 4) is 6.07 Å². The van der Waals surface area contributed by atoms with Gasteiger partial charge in [0.1, 0.15) is 6.07 Å². The quantitative estimate of drug-likeness (QED) is 0.808. The van der Waals surface area contributed by atoms with Crippen LogP contribution in [0.15, 0.2) is 12.4 Å². The Morgan fingerprint density at radius 1 is 1.53 bits per heavy atom. The van der Waals surface area contributed by atoms with E-state index in [0.717, 1.165) is 12.5 Å². The van der Waals surface area contributed by atoms with Crippen molar-refractivity contribution >= 4 is 5.82 Å². The second-order valence-electron chi connectivity index (χ2n) is 4.06. The summed E-state index contributed by atoms with van der Waals surface area (Å²) >= 11 is 0. The molecule has 4 nitrogen and oxygen atoms in total. The van der Waals surface area contributed by atoms with Crippen molar-refractivity contribution < 1.29 is 0 Å². The van der Waals surface area contributed by atoms with E-state index in [9.17, 15) is 0 Å². The molecule has 4 heteroatoms. The Kier molecular flexibility index (Phi) is 2.82. The smallest absolute Gasteiger partial charge is 0.182 e. The summed E-state index contributed by atoms with van der Waals surface area (Å²) < 4.78 is 0. The molecule has 0 saturated heterocycles. The highest BCUT2D eigenvalue weighted by molar-refractivity contribution is 5.46. The minimum Gasteiger partial charge on any atom is -0.367 e. The van der Waals surface area contributed by atoms with Crippen LogP contribution in [0, 0.1) is 23.2 Å². The molecule has 0 aromatic carbocycles. The average molecular weight is 202 g/mol. The lowest BCUT2D eigenvalue weighted by Gasteiger charge is -2.11. The molecular weight excluding hydrogens is 188 g/mol. The number of hydrogen-bond acceptors (Lipinski definition) is 4. The lowest BCUT2D eigenvalue weighted by molar-refractivity contribution is 0.535. The Morgan fingerprint density at radius 3 is 2.93 bits per heavy atom. The molecule has 2 rings (SSSR count). The van der Waals surface area contributed by atoms with E-state index in [1.165, 1.54) is 19.0 Å². The number of aromatic nitrogens is 2. The van der Waals surface area contributed by atoms with E-state index in [-0.39, 0.29) is 0 Å². The Morgan fingerprint density at radius 2 is 2.27 bits per heavy atom. The molecular formula is C11H14N4. The standard InChI is InChI=1S/C11H14N4/c1-8(9-2-3-9)7-15-11-10(6-12)13-4-5-14-11/h4-5,8-9H,2-3,7H2,1H3,(H,14,15). The first kappa shape index (κ1) is 9.91. The molecule has 0 aliphatic heterocycles. The Hall–Kier alpha value is -1.63. The largest absolute Gasteiger partial charge is 0.367 e. The van der Waals surface area contributed by atoms with Crippen molar-refractivity contribution in [1.82, 2.24) is 9.97 Å². The summed E-state index contributed by atoms with van der Waals surface area (Å²) in [6.45, 7) is 3.10. The fourth-order valence-electron chi connectivity index (χ4n) is 1.64. The second-order valence-corrected chi connectivity index (χ2v) is 4.06. The van der Waals surface area contributed by atoms with Crippen LogP contribution in [-0.2, 0) is 0 Å². The first-order valence-corrected chi connectivity index (χ1v) is 5.26. The van der Waals surface area contributed by atoms with Crippen LogP contribution in [0.2, 0.25) is 0 Å². The molecule has 1 aliphatic carbocycles. The maximum Gasteiger partial charge on any atom is 0.182 e. The summed E-state index contributed by atoms with van der Waals surface area (Å²) in [5.74, 6) is 2.12. The van der Waals surface area contributed by atoms with Gasteiger partial charge in [0.25, 0.3) is 0 Å². The predicted octanol–water partition coefficient (Wildman–Crippen LogP) is 1.81. The SMILES string of the molecule is CC(CNc1nccnc1C#N)C1CC1. The molecule has 1 aromatic rings. The van der Waals surface area contributed by atoms with Crippen LogP contribution in [-0.4, -0.2) is 16.5 Å². The van der Waals surface area contributed by atoms with Gasteiger partial charge in [-0.05, 0) is 24.7 Å². The monoisotopic (exact) mass is 202 g/mol. The van der Waals surface area contributed by atoms with Crippen LogP contribution >= 0.6 is 0 Å². The topological polar surface area (TPSA) is 61.6 Å². The molecule has 1 fully saturated rings. The number of hydrogen-bond donors (Lipinski definition) is 1. The second kappa shape index (κ2) is 4.26. The minimum atomic E-state index is 0.375. The van der Waals surface area contributed by atoms with Crippen molar-refractivity contribution in [2.45, 2.75) is 19.8 Å². The predicted molar refractivity (Wildman–Crippen MR) is 57.1 cm³/mol. The van der Waals surface area contributed by atoms with Gasteiger partial charge < -0.3 is 5.32 Å². The third-order valence-electron chi connectivity index (χ3n) is 2.82. The first-order valence-electron chi connectivity index (χ1n) is 5.26. The number of anilines is 1. The number of nitrogens with zero attached hydrogens (tertiary/aromatic N) is 3. The normalized spacial score (nSPS) is 16.8. The van der Waals surface area contributed by atoms with E-state index in [2.05, 4.69) is 22.2 Å². The van der Waals surface area contributed by atoms with Gasteiger partial charge in [-0.3, -0.25) is 0 Å². The maximum absolute atomic E-state index is 8.81. The maximum atomic E-state index is 8.81. The molecule has 0 spiro atoms. The summed E-state index contributed by atoms with van der Waals surface area (Å²) in [5, 5.41) is 12.0. The van der Waals surface area contributed by atoms with E-state index >= 15 is 0 Å². The molecule has 15 heavy (non-hydrogen) atoms. The molecule has 1 aliphatic rings. The summed E-state index contributed by atoms with van der Waals surface area (Å²) in [6, 6.07) is 2.03. The third kappa shape index (κ3) is 2.44. The molecule has 0 bridgehead atoms. The number of nitrogens with one attached hydrogen (secondary N) is 1. The van der Waals surface area contributed by atoms with Crippen LogP contribution in [0.3, 0.4) is 0 Å². The number of rotatable bonds is 4. The van der Waals surface area contributed by atoms with E-state index in [1.54, 1.807) is 6.20 Å². The Balaban J connectivity index is 1.95. The lowest BCUT2D eigenvalue weighted by atomic mass is 10.1.